The zero-order chi connectivity index (χ0) is 20.1. The number of nitrogens with zero attached hydrogens (tertiary/aromatic N) is 1. The maximum atomic E-state index is 12.7. The molecule has 3 heterocycles. The van der Waals surface area contributed by atoms with Gasteiger partial charge in [0.15, 0.2) is 11.5 Å². The Morgan fingerprint density at radius 2 is 1.79 bits per heavy atom. The largest absolute Gasteiger partial charge is 0.486 e. The van der Waals surface area contributed by atoms with Crippen molar-refractivity contribution in [2.45, 2.75) is 5.92 Å². The number of cyclic esters (lactones) is 1. The van der Waals surface area contributed by atoms with E-state index in [2.05, 4.69) is 0 Å². The quantitative estimate of drug-likeness (QED) is 0.746. The van der Waals surface area contributed by atoms with Crippen molar-refractivity contribution in [3.63, 3.8) is 0 Å². The van der Waals surface area contributed by atoms with Crippen LogP contribution < -0.4 is 14.4 Å². The molecule has 5 rings (SSSR count). The molecule has 0 saturated carbocycles. The maximum absolute atomic E-state index is 12.7. The molecule has 0 radical (unpaired) electrons. The molecule has 0 saturated heterocycles. The number of rotatable bonds is 3. The molecule has 3 aliphatic heterocycles. The third-order valence-electron chi connectivity index (χ3n) is 5.38. The Hall–Kier alpha value is -2.41. The molecular weight excluding hydrogens is 417 g/mol. The number of carbonyl (C=O) groups excluding carboxylic acids is 1. The number of aliphatic hydroxyl groups is 1. The van der Waals surface area contributed by atoms with Crippen molar-refractivity contribution in [1.29, 1.82) is 0 Å². The van der Waals surface area contributed by atoms with Crippen molar-refractivity contribution in [2.75, 3.05) is 37.9 Å². The molecule has 1 atom stereocenters. The van der Waals surface area contributed by atoms with Gasteiger partial charge in [0, 0.05) is 24.2 Å². The van der Waals surface area contributed by atoms with Crippen molar-refractivity contribution in [3.8, 4) is 11.5 Å². The first-order valence-corrected chi connectivity index (χ1v) is 10.0. The van der Waals surface area contributed by atoms with Crippen molar-refractivity contribution in [3.05, 3.63) is 62.8 Å². The molecule has 3 aliphatic rings. The number of β-amino-alcohol motifs (C(OH)–C–C–N with tert-alkyl or cyclic N) is 1. The van der Waals surface area contributed by atoms with E-state index in [0.717, 1.165) is 22.5 Å². The molecule has 2 aromatic carbocycles. The number of hydrogen-bond acceptors (Lipinski definition) is 6. The highest BCUT2D eigenvalue weighted by molar-refractivity contribution is 6.42. The third kappa shape index (κ3) is 2.94. The lowest BCUT2D eigenvalue weighted by Gasteiger charge is -2.36. The van der Waals surface area contributed by atoms with E-state index in [9.17, 15) is 9.90 Å². The fraction of sp³-hybridized carbons (Fsp3) is 0.286. The second kappa shape index (κ2) is 7.13. The number of halogens is 2. The van der Waals surface area contributed by atoms with Gasteiger partial charge in [0.05, 0.1) is 27.9 Å². The highest BCUT2D eigenvalue weighted by Crippen LogP contribution is 2.51. The monoisotopic (exact) mass is 433 g/mol. The van der Waals surface area contributed by atoms with Gasteiger partial charge in [-0.2, -0.15) is 0 Å². The van der Waals surface area contributed by atoms with Gasteiger partial charge >= 0.3 is 5.97 Å². The van der Waals surface area contributed by atoms with Crippen LogP contribution in [-0.2, 0) is 9.53 Å². The van der Waals surface area contributed by atoms with Crippen molar-refractivity contribution in [2.24, 2.45) is 0 Å². The van der Waals surface area contributed by atoms with Gasteiger partial charge in [-0.3, -0.25) is 0 Å². The molecule has 0 spiro atoms. The summed E-state index contributed by atoms with van der Waals surface area (Å²) < 4.78 is 16.9. The number of anilines is 1. The molecule has 150 valence electrons. The van der Waals surface area contributed by atoms with Crippen LogP contribution >= 0.6 is 23.2 Å². The Morgan fingerprint density at radius 3 is 2.52 bits per heavy atom. The predicted molar refractivity (Wildman–Crippen MR) is 108 cm³/mol. The lowest BCUT2D eigenvalue weighted by Crippen LogP contribution is -2.33. The SMILES string of the molecule is O=C1OCC2=C1C(c1ccc(Cl)c(Cl)c1)c1cc3c(cc1N2CCO)OCCO3. The zero-order valence-corrected chi connectivity index (χ0v) is 16.8. The Morgan fingerprint density at radius 1 is 1.03 bits per heavy atom. The van der Waals surface area contributed by atoms with Gasteiger partial charge in [-0.15, -0.1) is 0 Å². The van der Waals surface area contributed by atoms with Crippen LogP contribution in [0.25, 0.3) is 0 Å². The molecule has 8 heteroatoms. The summed E-state index contributed by atoms with van der Waals surface area (Å²) in [5.41, 5.74) is 3.81. The minimum absolute atomic E-state index is 0.0731. The second-order valence-electron chi connectivity index (χ2n) is 6.97. The molecule has 0 bridgehead atoms. The van der Waals surface area contributed by atoms with Gasteiger partial charge in [-0.25, -0.2) is 4.79 Å². The lowest BCUT2D eigenvalue weighted by molar-refractivity contribution is -0.136. The molecule has 0 fully saturated rings. The highest BCUT2D eigenvalue weighted by atomic mass is 35.5. The van der Waals surface area contributed by atoms with E-state index in [1.54, 1.807) is 12.1 Å². The first kappa shape index (κ1) is 18.6. The fourth-order valence-corrected chi connectivity index (χ4v) is 4.47. The average molecular weight is 434 g/mol. The number of carbonyl (C=O) groups is 1. The van der Waals surface area contributed by atoms with Crippen LogP contribution in [0.5, 0.6) is 11.5 Å². The molecular formula is C21H17Cl2NO5. The Balaban J connectivity index is 1.76. The maximum Gasteiger partial charge on any atom is 0.337 e. The van der Waals surface area contributed by atoms with E-state index >= 15 is 0 Å². The summed E-state index contributed by atoms with van der Waals surface area (Å²) >= 11 is 12.4. The third-order valence-corrected chi connectivity index (χ3v) is 6.12. The van der Waals surface area contributed by atoms with Crippen LogP contribution in [0.2, 0.25) is 10.0 Å². The predicted octanol–water partition coefficient (Wildman–Crippen LogP) is 3.52. The summed E-state index contributed by atoms with van der Waals surface area (Å²) in [5, 5.41) is 10.5. The Bertz CT molecular complexity index is 1050. The van der Waals surface area contributed by atoms with E-state index in [4.69, 9.17) is 37.4 Å². The van der Waals surface area contributed by atoms with Crippen LogP contribution in [0, 0.1) is 0 Å². The van der Waals surface area contributed by atoms with Gasteiger partial charge in [-0.1, -0.05) is 29.3 Å². The van der Waals surface area contributed by atoms with Crippen LogP contribution in [-0.4, -0.2) is 44.0 Å². The summed E-state index contributed by atoms with van der Waals surface area (Å²) in [4.78, 5) is 14.6. The number of benzene rings is 2. The number of ether oxygens (including phenoxy) is 3. The first-order valence-electron chi connectivity index (χ1n) is 9.25. The first-order chi connectivity index (χ1) is 14.1. The molecule has 29 heavy (non-hydrogen) atoms. The number of fused-ring (bicyclic) bond motifs is 2. The molecule has 0 aromatic heterocycles. The van der Waals surface area contributed by atoms with Gasteiger partial charge in [-0.05, 0) is 29.3 Å². The summed E-state index contributed by atoms with van der Waals surface area (Å²) in [6, 6.07) is 9.15. The highest BCUT2D eigenvalue weighted by Gasteiger charge is 2.42. The van der Waals surface area contributed by atoms with Crippen LogP contribution in [0.3, 0.4) is 0 Å². The molecule has 1 unspecified atom stereocenters. The Kier molecular flexibility index (Phi) is 4.57. The van der Waals surface area contributed by atoms with Crippen molar-refractivity contribution in [1.82, 2.24) is 0 Å². The topological polar surface area (TPSA) is 68.2 Å². The van der Waals surface area contributed by atoms with E-state index in [1.165, 1.54) is 0 Å². The van der Waals surface area contributed by atoms with Gasteiger partial charge < -0.3 is 24.2 Å². The van der Waals surface area contributed by atoms with Crippen molar-refractivity contribution < 1.29 is 24.1 Å². The lowest BCUT2D eigenvalue weighted by atomic mass is 9.80. The second-order valence-corrected chi connectivity index (χ2v) is 7.79. The summed E-state index contributed by atoms with van der Waals surface area (Å²) in [7, 11) is 0. The number of hydrogen-bond donors (Lipinski definition) is 1. The molecule has 1 N–H and O–H groups in total. The molecule has 6 nitrogen and oxygen atoms in total. The van der Waals surface area contributed by atoms with Crippen LogP contribution in [0.1, 0.15) is 17.0 Å². The van der Waals surface area contributed by atoms with Crippen molar-refractivity contribution >= 4 is 34.9 Å². The molecule has 2 aromatic rings. The summed E-state index contributed by atoms with van der Waals surface area (Å²) in [6.07, 6.45) is 0. The van der Waals surface area contributed by atoms with Crippen LogP contribution in [0.4, 0.5) is 5.69 Å². The van der Waals surface area contributed by atoms with E-state index < -0.39 is 5.92 Å². The summed E-state index contributed by atoms with van der Waals surface area (Å²) in [5.74, 6) is 0.495. The van der Waals surface area contributed by atoms with Gasteiger partial charge in [0.2, 0.25) is 0 Å². The Labute approximate surface area is 177 Å². The zero-order valence-electron chi connectivity index (χ0n) is 15.3. The van der Waals surface area contributed by atoms with Gasteiger partial charge in [0.1, 0.15) is 19.8 Å². The fourth-order valence-electron chi connectivity index (χ4n) is 4.17. The normalized spacial score (nSPS) is 19.8. The standard InChI is InChI=1S/C21H17Cl2NO5/c22-13-2-1-11(7-14(13)23)19-12-8-17-18(28-6-5-27-17)9-15(12)24(3-4-25)16-10-29-21(26)20(16)19/h1-2,7-9,19,25H,3-6,10H2. The summed E-state index contributed by atoms with van der Waals surface area (Å²) in [6.45, 7) is 1.34. The average Bonchev–Trinajstić information content (AvgIpc) is 3.10. The van der Waals surface area contributed by atoms with Crippen LogP contribution in [0.15, 0.2) is 41.6 Å². The minimum Gasteiger partial charge on any atom is -0.486 e. The number of aliphatic hydroxyl groups excluding tert-OH is 1. The molecule has 0 aliphatic carbocycles. The van der Waals surface area contributed by atoms with E-state index in [-0.39, 0.29) is 19.2 Å². The van der Waals surface area contributed by atoms with E-state index in [0.29, 0.717) is 46.9 Å². The number of esters is 1. The molecule has 0 amide bonds. The van der Waals surface area contributed by atoms with Gasteiger partial charge in [0.25, 0.3) is 0 Å². The van der Waals surface area contributed by atoms with E-state index in [1.807, 2.05) is 23.1 Å². The minimum atomic E-state index is -0.393. The smallest absolute Gasteiger partial charge is 0.337 e.